The summed E-state index contributed by atoms with van der Waals surface area (Å²) in [6.07, 6.45) is 5.57. The van der Waals surface area contributed by atoms with E-state index in [0.29, 0.717) is 13.1 Å². The van der Waals surface area contributed by atoms with Crippen LogP contribution in [0.25, 0.3) is 0 Å². The number of aromatic nitrogens is 2. The Balaban J connectivity index is 0.00000320. The highest BCUT2D eigenvalue weighted by atomic mass is 127. The molecule has 1 saturated heterocycles. The van der Waals surface area contributed by atoms with Crippen LogP contribution in [0.3, 0.4) is 0 Å². The summed E-state index contributed by atoms with van der Waals surface area (Å²) in [4.78, 5) is 25.3. The Morgan fingerprint density at radius 1 is 1.30 bits per heavy atom. The number of nitrogens with zero attached hydrogens (tertiary/aromatic N) is 5. The Labute approximate surface area is 196 Å². The van der Waals surface area contributed by atoms with Crippen molar-refractivity contribution in [1.29, 1.82) is 0 Å². The molecule has 0 atom stereocenters. The highest BCUT2D eigenvalue weighted by molar-refractivity contribution is 14.0. The molecular weight excluding hydrogens is 491 g/mol. The van der Waals surface area contributed by atoms with E-state index < -0.39 is 0 Å². The minimum Gasteiger partial charge on any atom is -0.352 e. The third-order valence-electron chi connectivity index (χ3n) is 5.22. The molecule has 0 radical (unpaired) electrons. The van der Waals surface area contributed by atoms with Crippen molar-refractivity contribution < 1.29 is 4.79 Å². The smallest absolute Gasteiger partial charge is 0.242 e. The predicted molar refractivity (Wildman–Crippen MR) is 131 cm³/mol. The molecule has 0 unspecified atom stereocenters. The Morgan fingerprint density at radius 2 is 2.03 bits per heavy atom. The zero-order valence-corrected chi connectivity index (χ0v) is 20.8. The van der Waals surface area contributed by atoms with Crippen molar-refractivity contribution >= 4 is 35.8 Å². The molecule has 1 amide bonds. The molecule has 2 aromatic rings. The molecule has 1 aliphatic rings. The lowest BCUT2D eigenvalue weighted by molar-refractivity contribution is -0.145. The molecule has 0 aliphatic carbocycles. The molecule has 0 spiro atoms. The van der Waals surface area contributed by atoms with Gasteiger partial charge < -0.3 is 19.7 Å². The summed E-state index contributed by atoms with van der Waals surface area (Å²) in [6.45, 7) is 10.9. The molecule has 30 heavy (non-hydrogen) atoms. The minimum atomic E-state index is -0.244. The molecule has 8 heteroatoms. The molecular formula is C22H33IN6O. The monoisotopic (exact) mass is 524 g/mol. The van der Waals surface area contributed by atoms with Gasteiger partial charge in [-0.25, -0.2) is 4.98 Å². The molecule has 164 valence electrons. The van der Waals surface area contributed by atoms with E-state index in [-0.39, 0.29) is 41.5 Å². The second-order valence-corrected chi connectivity index (χ2v) is 8.48. The van der Waals surface area contributed by atoms with E-state index in [9.17, 15) is 4.79 Å². The molecule has 0 saturated carbocycles. The van der Waals surface area contributed by atoms with E-state index >= 15 is 0 Å². The number of amides is 1. The van der Waals surface area contributed by atoms with Crippen molar-refractivity contribution in [3.63, 3.8) is 0 Å². The maximum absolute atomic E-state index is 12.7. The van der Waals surface area contributed by atoms with Gasteiger partial charge in [-0.1, -0.05) is 24.3 Å². The van der Waals surface area contributed by atoms with Gasteiger partial charge >= 0.3 is 0 Å². The number of hydrogen-bond donors (Lipinski definition) is 1. The Kier molecular flexibility index (Phi) is 8.28. The van der Waals surface area contributed by atoms with Crippen molar-refractivity contribution in [2.45, 2.75) is 52.4 Å². The van der Waals surface area contributed by atoms with E-state index in [4.69, 9.17) is 0 Å². The topological polar surface area (TPSA) is 65.8 Å². The zero-order valence-electron chi connectivity index (χ0n) is 18.5. The Bertz CT molecular complexity index is 862. The largest absolute Gasteiger partial charge is 0.352 e. The van der Waals surface area contributed by atoms with Crippen LogP contribution in [-0.2, 0) is 17.9 Å². The molecule has 7 nitrogen and oxygen atoms in total. The summed E-state index contributed by atoms with van der Waals surface area (Å²) in [5, 5.41) is 3.43. The number of guanidine groups is 1. The van der Waals surface area contributed by atoms with Crippen LogP contribution in [0.2, 0.25) is 0 Å². The average Bonchev–Trinajstić information content (AvgIpc) is 3.14. The molecule has 1 fully saturated rings. The third kappa shape index (κ3) is 5.74. The lowest BCUT2D eigenvalue weighted by Gasteiger charge is -2.49. The molecule has 2 heterocycles. The number of nitrogens with one attached hydrogen (secondary N) is 1. The maximum Gasteiger partial charge on any atom is 0.242 e. The number of aliphatic imine (C=N–C) groups is 1. The molecule has 3 rings (SSSR count). The molecule has 1 N–H and O–H groups in total. The lowest BCUT2D eigenvalue weighted by Crippen LogP contribution is -2.66. The number of benzene rings is 1. The van der Waals surface area contributed by atoms with Crippen LogP contribution in [0.1, 0.15) is 38.8 Å². The van der Waals surface area contributed by atoms with Crippen LogP contribution in [0, 0.1) is 0 Å². The summed E-state index contributed by atoms with van der Waals surface area (Å²) in [6, 6.07) is 8.66. The molecule has 0 bridgehead atoms. The fraction of sp³-hybridized carbons (Fsp3) is 0.500. The fourth-order valence-electron chi connectivity index (χ4n) is 4.26. The summed E-state index contributed by atoms with van der Waals surface area (Å²) < 4.78 is 2.05. The fourth-order valence-corrected chi connectivity index (χ4v) is 4.26. The summed E-state index contributed by atoms with van der Waals surface area (Å²) in [5.41, 5.74) is 2.15. The van der Waals surface area contributed by atoms with E-state index in [0.717, 1.165) is 19.0 Å². The first-order valence-corrected chi connectivity index (χ1v) is 10.1. The summed E-state index contributed by atoms with van der Waals surface area (Å²) in [7, 11) is 1.77. The number of hydrogen-bond acceptors (Lipinski definition) is 3. The average molecular weight is 524 g/mol. The third-order valence-corrected chi connectivity index (χ3v) is 5.22. The standard InChI is InChI=1S/C22H32N6O.HI/c1-17(2)28-20(29)14-27(15-22(28,3)4)21(23-5)25-12-18-7-6-8-19(11-18)13-26-10-9-24-16-26;/h6-11,16-17H,12-15H2,1-5H3,(H,23,25);1H. The van der Waals surface area contributed by atoms with Gasteiger partial charge in [0.25, 0.3) is 0 Å². The van der Waals surface area contributed by atoms with Crippen LogP contribution in [0.5, 0.6) is 0 Å². The predicted octanol–water partition coefficient (Wildman–Crippen LogP) is 2.96. The number of rotatable bonds is 5. The molecule has 1 aromatic carbocycles. The molecule has 1 aromatic heterocycles. The van der Waals surface area contributed by atoms with Crippen molar-refractivity contribution in [1.82, 2.24) is 24.7 Å². The SMILES string of the molecule is CN=C(NCc1cccc(Cn2ccnc2)c1)N1CC(=O)N(C(C)C)C(C)(C)C1.I. The summed E-state index contributed by atoms with van der Waals surface area (Å²) in [5.74, 6) is 0.899. The second-order valence-electron chi connectivity index (χ2n) is 8.48. The quantitative estimate of drug-likeness (QED) is 0.371. The van der Waals surface area contributed by atoms with Crippen LogP contribution in [0.15, 0.2) is 48.0 Å². The number of imidazole rings is 1. The summed E-state index contributed by atoms with van der Waals surface area (Å²) >= 11 is 0. The number of carbonyl (C=O) groups excluding carboxylic acids is 1. The van der Waals surface area contributed by atoms with E-state index in [1.165, 1.54) is 11.1 Å². The number of piperazine rings is 1. The zero-order chi connectivity index (χ0) is 21.0. The first-order valence-electron chi connectivity index (χ1n) is 10.1. The first kappa shape index (κ1) is 24.2. The first-order chi connectivity index (χ1) is 13.8. The van der Waals surface area contributed by atoms with Gasteiger partial charge in [0.1, 0.15) is 0 Å². The Morgan fingerprint density at radius 3 is 2.63 bits per heavy atom. The highest BCUT2D eigenvalue weighted by Crippen LogP contribution is 2.24. The van der Waals surface area contributed by atoms with Crippen LogP contribution in [-0.4, -0.2) is 62.9 Å². The normalized spacial score (nSPS) is 16.6. The van der Waals surface area contributed by atoms with Gasteiger partial charge in [0.2, 0.25) is 5.91 Å². The van der Waals surface area contributed by atoms with Gasteiger partial charge in [-0.15, -0.1) is 24.0 Å². The van der Waals surface area contributed by atoms with Gasteiger partial charge in [0, 0.05) is 45.1 Å². The van der Waals surface area contributed by atoms with Crippen molar-refractivity contribution in [2.24, 2.45) is 4.99 Å². The van der Waals surface area contributed by atoms with Crippen molar-refractivity contribution in [2.75, 3.05) is 20.1 Å². The highest BCUT2D eigenvalue weighted by Gasteiger charge is 2.40. The number of carbonyl (C=O) groups is 1. The van der Waals surface area contributed by atoms with Crippen LogP contribution < -0.4 is 5.32 Å². The van der Waals surface area contributed by atoms with E-state index in [2.05, 4.69) is 72.2 Å². The van der Waals surface area contributed by atoms with Crippen LogP contribution in [0.4, 0.5) is 0 Å². The van der Waals surface area contributed by atoms with Crippen LogP contribution >= 0.6 is 24.0 Å². The van der Waals surface area contributed by atoms with Crippen molar-refractivity contribution in [3.05, 3.63) is 54.1 Å². The maximum atomic E-state index is 12.7. The van der Waals surface area contributed by atoms with Gasteiger partial charge in [-0.3, -0.25) is 9.79 Å². The van der Waals surface area contributed by atoms with Gasteiger partial charge in [-0.05, 0) is 38.8 Å². The Hall–Kier alpha value is -2.10. The van der Waals surface area contributed by atoms with Gasteiger partial charge in [-0.2, -0.15) is 0 Å². The second kappa shape index (κ2) is 10.3. The lowest BCUT2D eigenvalue weighted by atomic mass is 9.96. The molecule has 1 aliphatic heterocycles. The minimum absolute atomic E-state index is 0. The van der Waals surface area contributed by atoms with E-state index in [1.807, 2.05) is 22.0 Å². The van der Waals surface area contributed by atoms with Gasteiger partial charge in [0.05, 0.1) is 18.4 Å². The van der Waals surface area contributed by atoms with E-state index in [1.54, 1.807) is 13.2 Å². The van der Waals surface area contributed by atoms with Crippen molar-refractivity contribution in [3.8, 4) is 0 Å². The number of halogens is 1. The van der Waals surface area contributed by atoms with Gasteiger partial charge in [0.15, 0.2) is 5.96 Å².